The Labute approximate surface area is 225 Å². The highest BCUT2D eigenvalue weighted by atomic mass is 35.5. The number of H-pyrrole nitrogens is 1. The van der Waals surface area contributed by atoms with Crippen LogP contribution in [-0.2, 0) is 23.2 Å². The number of aromatic nitrogens is 2. The molecule has 1 aliphatic heterocycles. The number of hydrogen-bond acceptors (Lipinski definition) is 4. The molecule has 38 heavy (non-hydrogen) atoms. The number of aromatic amines is 1. The molecule has 0 radical (unpaired) electrons. The number of nitrogens with zero attached hydrogens (tertiary/aromatic N) is 2. The highest BCUT2D eigenvalue weighted by Gasteiger charge is 2.48. The second-order valence-electron chi connectivity index (χ2n) is 10.2. The van der Waals surface area contributed by atoms with E-state index in [0.29, 0.717) is 41.4 Å². The number of aliphatic hydroxyl groups is 1. The molecule has 6 nitrogen and oxygen atoms in total. The molecule has 1 amide bonds. The van der Waals surface area contributed by atoms with Crippen LogP contribution in [0.5, 0.6) is 0 Å². The molecule has 1 unspecified atom stereocenters. The molecule has 1 aliphatic carbocycles. The Bertz CT molecular complexity index is 1560. The van der Waals surface area contributed by atoms with E-state index in [1.807, 2.05) is 48.5 Å². The van der Waals surface area contributed by atoms with Crippen LogP contribution in [0.4, 0.5) is 0 Å². The fraction of sp³-hybridized carbons (Fsp3) is 0.258. The molecular weight excluding hydrogens is 498 g/mol. The van der Waals surface area contributed by atoms with Gasteiger partial charge in [0.15, 0.2) is 6.10 Å². The molecule has 3 aromatic carbocycles. The molecule has 2 N–H and O–H groups in total. The lowest BCUT2D eigenvalue weighted by molar-refractivity contribution is -0.141. The maximum atomic E-state index is 13.4. The second-order valence-corrected chi connectivity index (χ2v) is 10.6. The molecule has 7 heteroatoms. The van der Waals surface area contributed by atoms with Gasteiger partial charge >= 0.3 is 0 Å². The van der Waals surface area contributed by atoms with E-state index in [0.717, 1.165) is 35.2 Å². The Morgan fingerprint density at radius 3 is 2.47 bits per heavy atom. The summed E-state index contributed by atoms with van der Waals surface area (Å²) in [6.45, 7) is 0.568. The van der Waals surface area contributed by atoms with Crippen molar-refractivity contribution in [3.05, 3.63) is 122 Å². The summed E-state index contributed by atoms with van der Waals surface area (Å²) in [6.07, 6.45) is 1.84. The molecular formula is C31H28ClN3O3. The monoisotopic (exact) mass is 525 g/mol. The SMILES string of the molecule is O=C(C(O)c1cccc(-c2cccc(Cl)c2)c1)N1CCCc2nc(C3(c4ccccc4)CC3)[nH]c(=O)c2C1. The van der Waals surface area contributed by atoms with E-state index < -0.39 is 12.0 Å². The van der Waals surface area contributed by atoms with Gasteiger partial charge < -0.3 is 15.0 Å². The maximum Gasteiger partial charge on any atom is 0.256 e. The van der Waals surface area contributed by atoms with Crippen molar-refractivity contribution in [2.24, 2.45) is 0 Å². The van der Waals surface area contributed by atoms with Gasteiger partial charge in [-0.05, 0) is 66.1 Å². The van der Waals surface area contributed by atoms with E-state index in [-0.39, 0.29) is 17.5 Å². The summed E-state index contributed by atoms with van der Waals surface area (Å²) in [6, 6.07) is 24.9. The third-order valence-corrected chi connectivity index (χ3v) is 7.96. The molecule has 6 rings (SSSR count). The van der Waals surface area contributed by atoms with Crippen LogP contribution >= 0.6 is 11.6 Å². The second kappa shape index (κ2) is 9.86. The normalized spacial score (nSPS) is 16.8. The average Bonchev–Trinajstić information content (AvgIpc) is 3.77. The van der Waals surface area contributed by atoms with E-state index in [1.165, 1.54) is 0 Å². The van der Waals surface area contributed by atoms with E-state index in [9.17, 15) is 14.7 Å². The molecule has 0 saturated heterocycles. The molecule has 1 saturated carbocycles. The smallest absolute Gasteiger partial charge is 0.256 e. The highest BCUT2D eigenvalue weighted by molar-refractivity contribution is 6.30. The molecule has 1 aromatic heterocycles. The fourth-order valence-corrected chi connectivity index (χ4v) is 5.64. The minimum atomic E-state index is -1.34. The lowest BCUT2D eigenvalue weighted by Crippen LogP contribution is -2.36. The minimum absolute atomic E-state index is 0.125. The summed E-state index contributed by atoms with van der Waals surface area (Å²) in [4.78, 5) is 36.2. The first kappa shape index (κ1) is 24.6. The van der Waals surface area contributed by atoms with Crippen LogP contribution in [0.25, 0.3) is 11.1 Å². The zero-order valence-corrected chi connectivity index (χ0v) is 21.6. The summed E-state index contributed by atoms with van der Waals surface area (Å²) in [5.74, 6) is 0.289. The Balaban J connectivity index is 1.25. The quantitative estimate of drug-likeness (QED) is 0.376. The lowest BCUT2D eigenvalue weighted by Gasteiger charge is -2.24. The summed E-state index contributed by atoms with van der Waals surface area (Å²) in [7, 11) is 0. The molecule has 4 aromatic rings. The van der Waals surface area contributed by atoms with Crippen molar-refractivity contribution in [2.45, 2.75) is 43.7 Å². The largest absolute Gasteiger partial charge is 0.378 e. The van der Waals surface area contributed by atoms with Crippen molar-refractivity contribution < 1.29 is 9.90 Å². The third kappa shape index (κ3) is 4.55. The number of amides is 1. The van der Waals surface area contributed by atoms with Crippen molar-refractivity contribution in [3.8, 4) is 11.1 Å². The van der Waals surface area contributed by atoms with Crippen molar-refractivity contribution in [1.82, 2.24) is 14.9 Å². The van der Waals surface area contributed by atoms with Crippen LogP contribution in [0.1, 0.15) is 53.6 Å². The van der Waals surface area contributed by atoms with E-state index in [2.05, 4.69) is 17.1 Å². The van der Waals surface area contributed by atoms with Gasteiger partial charge in [-0.1, -0.05) is 72.3 Å². The number of hydrogen-bond donors (Lipinski definition) is 2. The van der Waals surface area contributed by atoms with Gasteiger partial charge in [0, 0.05) is 11.6 Å². The van der Waals surface area contributed by atoms with Crippen LogP contribution in [-0.4, -0.2) is 32.4 Å². The predicted molar refractivity (Wildman–Crippen MR) is 147 cm³/mol. The number of carbonyl (C=O) groups is 1. The Morgan fingerprint density at radius 2 is 1.74 bits per heavy atom. The molecule has 2 heterocycles. The predicted octanol–water partition coefficient (Wildman–Crippen LogP) is 5.18. The van der Waals surface area contributed by atoms with Crippen molar-refractivity contribution in [3.63, 3.8) is 0 Å². The van der Waals surface area contributed by atoms with Gasteiger partial charge in [0.25, 0.3) is 11.5 Å². The van der Waals surface area contributed by atoms with Gasteiger partial charge in [0.2, 0.25) is 0 Å². The third-order valence-electron chi connectivity index (χ3n) is 7.73. The first-order chi connectivity index (χ1) is 18.4. The zero-order valence-electron chi connectivity index (χ0n) is 20.9. The first-order valence-electron chi connectivity index (χ1n) is 13.0. The molecule has 0 spiro atoms. The van der Waals surface area contributed by atoms with Crippen LogP contribution in [0, 0.1) is 0 Å². The van der Waals surface area contributed by atoms with Crippen LogP contribution < -0.4 is 5.56 Å². The number of rotatable bonds is 5. The standard InChI is InChI=1S/C31H28ClN3O3/c32-24-12-5-8-21(18-24)20-7-4-9-22(17-20)27(36)29(38)35-16-6-13-26-25(19-35)28(37)34-30(33-26)31(14-15-31)23-10-2-1-3-11-23/h1-5,7-12,17-18,27,36H,6,13-16,19H2,(H,33,34,37). The number of nitrogens with one attached hydrogen (secondary N) is 1. The fourth-order valence-electron chi connectivity index (χ4n) is 5.45. The van der Waals surface area contributed by atoms with Crippen LogP contribution in [0.15, 0.2) is 83.7 Å². The molecule has 192 valence electrons. The first-order valence-corrected chi connectivity index (χ1v) is 13.3. The summed E-state index contributed by atoms with van der Waals surface area (Å²) < 4.78 is 0. The van der Waals surface area contributed by atoms with Gasteiger partial charge in [-0.25, -0.2) is 4.98 Å². The zero-order chi connectivity index (χ0) is 26.3. The van der Waals surface area contributed by atoms with Crippen molar-refractivity contribution in [2.75, 3.05) is 6.54 Å². The Kier molecular flexibility index (Phi) is 6.38. The summed E-state index contributed by atoms with van der Waals surface area (Å²) in [5.41, 5.74) is 4.24. The molecule has 0 bridgehead atoms. The van der Waals surface area contributed by atoms with Gasteiger partial charge in [-0.15, -0.1) is 0 Å². The van der Waals surface area contributed by atoms with Crippen LogP contribution in [0.2, 0.25) is 5.02 Å². The van der Waals surface area contributed by atoms with Gasteiger partial charge in [0.1, 0.15) is 5.82 Å². The summed E-state index contributed by atoms with van der Waals surface area (Å²) in [5, 5.41) is 11.7. The molecule has 2 aliphatic rings. The molecule has 1 atom stereocenters. The number of fused-ring (bicyclic) bond motifs is 1. The number of halogens is 1. The van der Waals surface area contributed by atoms with Gasteiger partial charge in [0.05, 0.1) is 23.2 Å². The van der Waals surface area contributed by atoms with E-state index in [1.54, 1.807) is 23.1 Å². The van der Waals surface area contributed by atoms with E-state index >= 15 is 0 Å². The van der Waals surface area contributed by atoms with E-state index in [4.69, 9.17) is 16.6 Å². The van der Waals surface area contributed by atoms with Crippen LogP contribution in [0.3, 0.4) is 0 Å². The number of aryl methyl sites for hydroxylation is 1. The number of carbonyl (C=O) groups excluding carboxylic acids is 1. The number of benzene rings is 3. The topological polar surface area (TPSA) is 86.3 Å². The number of aliphatic hydroxyl groups excluding tert-OH is 1. The average molecular weight is 526 g/mol. The Morgan fingerprint density at radius 1 is 1.00 bits per heavy atom. The van der Waals surface area contributed by atoms with Gasteiger partial charge in [-0.3, -0.25) is 9.59 Å². The highest BCUT2D eigenvalue weighted by Crippen LogP contribution is 2.51. The lowest BCUT2D eigenvalue weighted by atomic mass is 9.94. The van der Waals surface area contributed by atoms with Crippen molar-refractivity contribution >= 4 is 17.5 Å². The summed E-state index contributed by atoms with van der Waals surface area (Å²) >= 11 is 6.14. The van der Waals surface area contributed by atoms with Crippen molar-refractivity contribution in [1.29, 1.82) is 0 Å². The van der Waals surface area contributed by atoms with Gasteiger partial charge in [-0.2, -0.15) is 0 Å². The minimum Gasteiger partial charge on any atom is -0.378 e. The Hall–Kier alpha value is -3.74. The molecule has 1 fully saturated rings. The maximum absolute atomic E-state index is 13.4.